The molecule has 2 N–H and O–H groups in total. The summed E-state index contributed by atoms with van der Waals surface area (Å²) in [5.74, 6) is -1.12. The lowest BCUT2D eigenvalue weighted by Gasteiger charge is -2.41. The third-order valence-corrected chi connectivity index (χ3v) is 3.43. The number of nitrogens with zero attached hydrogens (tertiary/aromatic N) is 1. The van der Waals surface area contributed by atoms with Crippen LogP contribution >= 0.6 is 0 Å². The lowest BCUT2D eigenvalue weighted by atomic mass is 9.67. The van der Waals surface area contributed by atoms with Crippen molar-refractivity contribution in [2.45, 2.75) is 19.3 Å². The Morgan fingerprint density at radius 2 is 1.80 bits per heavy atom. The number of hydrogen-bond acceptors (Lipinski definition) is 3. The summed E-state index contributed by atoms with van der Waals surface area (Å²) in [6, 6.07) is 0. The number of aliphatic carboxylic acids is 1. The van der Waals surface area contributed by atoms with Crippen molar-refractivity contribution >= 4 is 11.9 Å². The Morgan fingerprint density at radius 1 is 1.20 bits per heavy atom. The molecule has 1 saturated heterocycles. The first-order chi connectivity index (χ1) is 7.17. The molecule has 5 nitrogen and oxygen atoms in total. The smallest absolute Gasteiger partial charge is 0.319 e. The van der Waals surface area contributed by atoms with Crippen LogP contribution in [0.4, 0.5) is 0 Å². The van der Waals surface area contributed by atoms with Gasteiger partial charge in [-0.2, -0.15) is 0 Å². The van der Waals surface area contributed by atoms with Gasteiger partial charge in [0.05, 0.1) is 0 Å². The number of hydrogen-bond donors (Lipinski definition) is 2. The van der Waals surface area contributed by atoms with Gasteiger partial charge in [-0.25, -0.2) is 0 Å². The van der Waals surface area contributed by atoms with E-state index in [4.69, 9.17) is 5.11 Å². The lowest BCUT2D eigenvalue weighted by molar-refractivity contribution is -0.167. The van der Waals surface area contributed by atoms with Crippen molar-refractivity contribution in [3.05, 3.63) is 0 Å². The Bertz CT molecular complexity index is 280. The van der Waals surface area contributed by atoms with Gasteiger partial charge in [-0.1, -0.05) is 6.42 Å². The van der Waals surface area contributed by atoms with Crippen molar-refractivity contribution in [2.24, 2.45) is 5.41 Å². The van der Waals surface area contributed by atoms with Crippen LogP contribution in [0.3, 0.4) is 0 Å². The molecule has 2 rings (SSSR count). The summed E-state index contributed by atoms with van der Waals surface area (Å²) in [4.78, 5) is 24.9. The van der Waals surface area contributed by atoms with E-state index >= 15 is 0 Å². The van der Waals surface area contributed by atoms with E-state index in [9.17, 15) is 9.59 Å². The second kappa shape index (κ2) is 3.81. The van der Waals surface area contributed by atoms with E-state index in [1.54, 1.807) is 4.90 Å². The average Bonchev–Trinajstić information content (AvgIpc) is 2.16. The molecule has 0 spiro atoms. The average molecular weight is 212 g/mol. The Hall–Kier alpha value is -1.10. The van der Waals surface area contributed by atoms with Crippen molar-refractivity contribution in [3.8, 4) is 0 Å². The van der Waals surface area contributed by atoms with Crippen molar-refractivity contribution in [1.82, 2.24) is 10.2 Å². The molecule has 1 amide bonds. The molecule has 5 heteroatoms. The molecular weight excluding hydrogens is 196 g/mol. The van der Waals surface area contributed by atoms with Gasteiger partial charge in [0.1, 0.15) is 5.41 Å². The maximum absolute atomic E-state index is 12.1. The summed E-state index contributed by atoms with van der Waals surface area (Å²) in [7, 11) is 0. The number of carbonyl (C=O) groups is 2. The molecule has 1 aliphatic carbocycles. The van der Waals surface area contributed by atoms with Crippen LogP contribution in [0.15, 0.2) is 0 Å². The molecule has 15 heavy (non-hydrogen) atoms. The molecule has 1 saturated carbocycles. The van der Waals surface area contributed by atoms with E-state index in [0.717, 1.165) is 19.5 Å². The van der Waals surface area contributed by atoms with Gasteiger partial charge >= 0.3 is 5.97 Å². The summed E-state index contributed by atoms with van der Waals surface area (Å²) in [5, 5.41) is 12.3. The minimum Gasteiger partial charge on any atom is -0.480 e. The first kappa shape index (κ1) is 10.4. The van der Waals surface area contributed by atoms with E-state index in [-0.39, 0.29) is 5.91 Å². The first-order valence-electron chi connectivity index (χ1n) is 5.40. The largest absolute Gasteiger partial charge is 0.480 e. The standard InChI is InChI=1S/C10H16N2O3/c13-8(12-6-4-11-5-7-12)10(9(14)15)2-1-3-10/h11H,1-7H2,(H,14,15). The van der Waals surface area contributed by atoms with Gasteiger partial charge in [0.2, 0.25) is 5.91 Å². The third-order valence-electron chi connectivity index (χ3n) is 3.43. The monoisotopic (exact) mass is 212 g/mol. The zero-order valence-electron chi connectivity index (χ0n) is 8.66. The fraction of sp³-hybridized carbons (Fsp3) is 0.800. The topological polar surface area (TPSA) is 69.6 Å². The Balaban J connectivity index is 2.07. The lowest BCUT2D eigenvalue weighted by Crippen LogP contribution is -2.56. The molecule has 0 aromatic heterocycles. The maximum atomic E-state index is 12.1. The van der Waals surface area contributed by atoms with Crippen LogP contribution in [0.1, 0.15) is 19.3 Å². The molecule has 0 atom stereocenters. The molecule has 2 aliphatic rings. The van der Waals surface area contributed by atoms with E-state index in [1.165, 1.54) is 0 Å². The van der Waals surface area contributed by atoms with Crippen LogP contribution in [0.25, 0.3) is 0 Å². The van der Waals surface area contributed by atoms with Crippen molar-refractivity contribution < 1.29 is 14.7 Å². The van der Waals surface area contributed by atoms with Crippen LogP contribution in [0, 0.1) is 5.41 Å². The van der Waals surface area contributed by atoms with Crippen molar-refractivity contribution in [1.29, 1.82) is 0 Å². The number of nitrogens with one attached hydrogen (secondary N) is 1. The summed E-state index contributed by atoms with van der Waals surface area (Å²) in [5.41, 5.74) is -1.09. The summed E-state index contributed by atoms with van der Waals surface area (Å²) >= 11 is 0. The SMILES string of the molecule is O=C(O)C1(C(=O)N2CCNCC2)CCC1. The molecular formula is C10H16N2O3. The molecule has 1 heterocycles. The second-order valence-corrected chi connectivity index (χ2v) is 4.28. The molecule has 0 bridgehead atoms. The van der Waals surface area contributed by atoms with Crippen LogP contribution in [-0.2, 0) is 9.59 Å². The predicted molar refractivity (Wildman–Crippen MR) is 53.4 cm³/mol. The minimum absolute atomic E-state index is 0.178. The van der Waals surface area contributed by atoms with Gasteiger partial charge in [0.15, 0.2) is 0 Å². The normalized spacial score (nSPS) is 24.4. The summed E-state index contributed by atoms with van der Waals surface area (Å²) < 4.78 is 0. The van der Waals surface area contributed by atoms with Crippen LogP contribution in [0.2, 0.25) is 0 Å². The van der Waals surface area contributed by atoms with Gasteiger partial charge in [0, 0.05) is 26.2 Å². The number of carboxylic acids is 1. The highest BCUT2D eigenvalue weighted by atomic mass is 16.4. The van der Waals surface area contributed by atoms with Crippen molar-refractivity contribution in [2.75, 3.05) is 26.2 Å². The fourth-order valence-corrected chi connectivity index (χ4v) is 2.22. The molecule has 0 radical (unpaired) electrons. The van der Waals surface area contributed by atoms with Gasteiger partial charge in [-0.05, 0) is 12.8 Å². The number of rotatable bonds is 2. The highest BCUT2D eigenvalue weighted by molar-refractivity contribution is 6.02. The first-order valence-corrected chi connectivity index (χ1v) is 5.40. The predicted octanol–water partition coefficient (Wildman–Crippen LogP) is -0.327. The highest BCUT2D eigenvalue weighted by Crippen LogP contribution is 2.42. The minimum atomic E-state index is -1.09. The number of carboxylic acid groups (broad SMARTS) is 1. The number of piperazine rings is 1. The van der Waals surface area contributed by atoms with E-state index < -0.39 is 11.4 Å². The summed E-state index contributed by atoms with van der Waals surface area (Å²) in [6.07, 6.45) is 1.86. The molecule has 0 aromatic rings. The maximum Gasteiger partial charge on any atom is 0.319 e. The molecule has 0 aromatic carbocycles. The van der Waals surface area contributed by atoms with Gasteiger partial charge < -0.3 is 15.3 Å². The van der Waals surface area contributed by atoms with Gasteiger partial charge in [-0.3, -0.25) is 9.59 Å². The van der Waals surface area contributed by atoms with E-state index in [0.29, 0.717) is 25.9 Å². The highest BCUT2D eigenvalue weighted by Gasteiger charge is 2.52. The molecule has 84 valence electrons. The van der Waals surface area contributed by atoms with Crippen LogP contribution in [0.5, 0.6) is 0 Å². The second-order valence-electron chi connectivity index (χ2n) is 4.28. The number of carbonyl (C=O) groups excluding carboxylic acids is 1. The van der Waals surface area contributed by atoms with Crippen LogP contribution in [-0.4, -0.2) is 48.1 Å². The van der Waals surface area contributed by atoms with Gasteiger partial charge in [-0.15, -0.1) is 0 Å². The van der Waals surface area contributed by atoms with E-state index in [2.05, 4.69) is 5.32 Å². The number of amides is 1. The van der Waals surface area contributed by atoms with Crippen LogP contribution < -0.4 is 5.32 Å². The summed E-state index contributed by atoms with van der Waals surface area (Å²) in [6.45, 7) is 2.80. The zero-order valence-corrected chi connectivity index (χ0v) is 8.66. The zero-order chi connectivity index (χ0) is 10.9. The van der Waals surface area contributed by atoms with Gasteiger partial charge in [0.25, 0.3) is 0 Å². The quantitative estimate of drug-likeness (QED) is 0.615. The molecule has 1 aliphatic heterocycles. The Kier molecular flexibility index (Phi) is 2.65. The molecule has 0 unspecified atom stereocenters. The molecule has 2 fully saturated rings. The fourth-order valence-electron chi connectivity index (χ4n) is 2.22. The third kappa shape index (κ3) is 1.61. The van der Waals surface area contributed by atoms with Crippen molar-refractivity contribution in [3.63, 3.8) is 0 Å². The Morgan fingerprint density at radius 3 is 2.20 bits per heavy atom. The van der Waals surface area contributed by atoms with E-state index in [1.807, 2.05) is 0 Å². The Labute approximate surface area is 88.4 Å².